The number of nitrogens with zero attached hydrogens (tertiary/aromatic N) is 2. The molecule has 0 spiro atoms. The van der Waals surface area contributed by atoms with Crippen LogP contribution < -0.4 is 5.32 Å². The van der Waals surface area contributed by atoms with Gasteiger partial charge in [0.2, 0.25) is 5.91 Å². The number of pyridine rings is 1. The van der Waals surface area contributed by atoms with E-state index in [4.69, 9.17) is 0 Å². The molecule has 1 fully saturated rings. The molecule has 2 heterocycles. The summed E-state index contributed by atoms with van der Waals surface area (Å²) in [5, 5.41) is 14.1. The summed E-state index contributed by atoms with van der Waals surface area (Å²) in [7, 11) is 0. The number of aromatic nitrogens is 1. The van der Waals surface area contributed by atoms with E-state index >= 15 is 0 Å². The van der Waals surface area contributed by atoms with Gasteiger partial charge in [0.15, 0.2) is 0 Å². The van der Waals surface area contributed by atoms with Crippen molar-refractivity contribution in [3.05, 3.63) is 63.5 Å². The number of hydrogen-bond acceptors (Lipinski definition) is 4. The molecule has 2 N–H and O–H groups in total. The maximum absolute atomic E-state index is 12.9. The lowest BCUT2D eigenvalue weighted by molar-refractivity contribution is -0.135. The monoisotopic (exact) mass is 451 g/mol. The molecule has 6 heteroatoms. The lowest BCUT2D eigenvalue weighted by Gasteiger charge is -2.28. The number of likely N-dealkylation sites (tertiary alicyclic amines) is 1. The van der Waals surface area contributed by atoms with Crippen LogP contribution in [0.5, 0.6) is 0 Å². The second kappa shape index (κ2) is 8.73. The van der Waals surface area contributed by atoms with E-state index in [1.54, 1.807) is 24.5 Å². The van der Waals surface area contributed by atoms with Gasteiger partial charge in [-0.3, -0.25) is 15.1 Å². The summed E-state index contributed by atoms with van der Waals surface area (Å²) in [4.78, 5) is 18.8. The zero-order valence-corrected chi connectivity index (χ0v) is 16.1. The second-order valence-corrected chi connectivity index (χ2v) is 7.49. The van der Waals surface area contributed by atoms with Gasteiger partial charge in [-0.25, -0.2) is 0 Å². The molecule has 3 rings (SSSR count). The first-order valence-electron chi connectivity index (χ1n) is 8.50. The van der Waals surface area contributed by atoms with Crippen LogP contribution in [-0.2, 0) is 11.3 Å². The number of aliphatic hydroxyl groups is 1. The van der Waals surface area contributed by atoms with Gasteiger partial charge in [0.25, 0.3) is 0 Å². The Morgan fingerprint density at radius 2 is 1.96 bits per heavy atom. The van der Waals surface area contributed by atoms with Gasteiger partial charge in [-0.2, -0.15) is 0 Å². The van der Waals surface area contributed by atoms with Crippen LogP contribution >= 0.6 is 22.6 Å². The zero-order chi connectivity index (χ0) is 17.6. The second-order valence-electron chi connectivity index (χ2n) is 6.25. The van der Waals surface area contributed by atoms with Crippen LogP contribution in [0.1, 0.15) is 30.1 Å². The number of benzene rings is 1. The van der Waals surface area contributed by atoms with Crippen molar-refractivity contribution in [1.82, 2.24) is 15.2 Å². The SMILES string of the molecule is O=C([C@@H](NCc1cccc(I)c1)[C@H](O)c1ccncc1)N1CCCC1. The lowest BCUT2D eigenvalue weighted by atomic mass is 10.0. The minimum Gasteiger partial charge on any atom is -0.386 e. The average Bonchev–Trinajstić information content (AvgIpc) is 3.17. The van der Waals surface area contributed by atoms with Crippen LogP contribution in [0.4, 0.5) is 0 Å². The molecule has 5 nitrogen and oxygen atoms in total. The number of aliphatic hydroxyl groups excluding tert-OH is 1. The third kappa shape index (κ3) is 4.77. The van der Waals surface area contributed by atoms with E-state index in [1.807, 2.05) is 23.1 Å². The van der Waals surface area contributed by atoms with E-state index in [2.05, 4.69) is 39.0 Å². The third-order valence-electron chi connectivity index (χ3n) is 4.46. The van der Waals surface area contributed by atoms with Gasteiger partial charge in [-0.1, -0.05) is 12.1 Å². The number of rotatable bonds is 6. The highest BCUT2D eigenvalue weighted by Gasteiger charge is 2.32. The fraction of sp³-hybridized carbons (Fsp3) is 0.368. The number of hydrogen-bond donors (Lipinski definition) is 2. The molecule has 1 amide bonds. The molecular weight excluding hydrogens is 429 g/mol. The summed E-state index contributed by atoms with van der Waals surface area (Å²) in [5.74, 6) is -0.0348. The van der Waals surface area contributed by atoms with E-state index in [0.717, 1.165) is 35.1 Å². The maximum atomic E-state index is 12.9. The van der Waals surface area contributed by atoms with Crippen LogP contribution in [0.25, 0.3) is 0 Å². The Morgan fingerprint density at radius 1 is 1.24 bits per heavy atom. The highest BCUT2D eigenvalue weighted by molar-refractivity contribution is 14.1. The minimum absolute atomic E-state index is 0.0348. The van der Waals surface area contributed by atoms with E-state index in [1.165, 1.54) is 0 Å². The molecule has 1 aliphatic rings. The normalized spacial score (nSPS) is 16.6. The summed E-state index contributed by atoms with van der Waals surface area (Å²) in [5.41, 5.74) is 1.79. The van der Waals surface area contributed by atoms with Gasteiger partial charge < -0.3 is 10.0 Å². The van der Waals surface area contributed by atoms with E-state index < -0.39 is 12.1 Å². The van der Waals surface area contributed by atoms with Gasteiger partial charge >= 0.3 is 0 Å². The van der Waals surface area contributed by atoms with Crippen molar-refractivity contribution in [3.8, 4) is 0 Å². The number of halogens is 1. The predicted octanol–water partition coefficient (Wildman–Crippen LogP) is 2.50. The molecule has 0 unspecified atom stereocenters. The molecular formula is C19H22IN3O2. The molecule has 1 aliphatic heterocycles. The molecule has 0 aliphatic carbocycles. The van der Waals surface area contributed by atoms with Gasteiger partial charge in [-0.05, 0) is 70.8 Å². The zero-order valence-electron chi connectivity index (χ0n) is 13.9. The average molecular weight is 451 g/mol. The molecule has 1 saturated heterocycles. The minimum atomic E-state index is -0.904. The van der Waals surface area contributed by atoms with Gasteiger partial charge in [0.1, 0.15) is 12.1 Å². The molecule has 0 bridgehead atoms. The number of amides is 1. The highest BCUT2D eigenvalue weighted by Crippen LogP contribution is 2.20. The number of carbonyl (C=O) groups is 1. The summed E-state index contributed by atoms with van der Waals surface area (Å²) in [6.45, 7) is 2.07. The van der Waals surface area contributed by atoms with Crippen molar-refractivity contribution in [3.63, 3.8) is 0 Å². The lowest BCUT2D eigenvalue weighted by Crippen LogP contribution is -2.48. The number of nitrogens with one attached hydrogen (secondary N) is 1. The van der Waals surface area contributed by atoms with Crippen LogP contribution in [0, 0.1) is 3.57 Å². The van der Waals surface area contributed by atoms with E-state index in [9.17, 15) is 9.90 Å². The Hall–Kier alpha value is -1.51. The molecule has 1 aromatic carbocycles. The Morgan fingerprint density at radius 3 is 2.64 bits per heavy atom. The largest absolute Gasteiger partial charge is 0.386 e. The standard InChI is InChI=1S/C19H22IN3O2/c20-16-5-3-4-14(12-16)13-22-17(19(25)23-10-1-2-11-23)18(24)15-6-8-21-9-7-15/h3-9,12,17-18,22,24H,1-2,10-11,13H2/t17-,18+/m0/s1. The molecule has 25 heavy (non-hydrogen) atoms. The Kier molecular flexibility index (Phi) is 6.39. The van der Waals surface area contributed by atoms with Crippen molar-refractivity contribution in [2.75, 3.05) is 13.1 Å². The first-order chi connectivity index (χ1) is 12.1. The van der Waals surface area contributed by atoms with Crippen LogP contribution in [-0.4, -0.2) is 40.0 Å². The summed E-state index contributed by atoms with van der Waals surface area (Å²) in [6, 6.07) is 11.0. The van der Waals surface area contributed by atoms with E-state index in [-0.39, 0.29) is 5.91 Å². The van der Waals surface area contributed by atoms with Gasteiger partial charge in [0.05, 0.1) is 0 Å². The molecule has 1 aromatic heterocycles. The van der Waals surface area contributed by atoms with Gasteiger partial charge in [-0.15, -0.1) is 0 Å². The molecule has 132 valence electrons. The van der Waals surface area contributed by atoms with Crippen LogP contribution in [0.3, 0.4) is 0 Å². The fourth-order valence-corrected chi connectivity index (χ4v) is 3.70. The van der Waals surface area contributed by atoms with Crippen molar-refractivity contribution in [2.24, 2.45) is 0 Å². The first-order valence-corrected chi connectivity index (χ1v) is 9.57. The third-order valence-corrected chi connectivity index (χ3v) is 5.13. The highest BCUT2D eigenvalue weighted by atomic mass is 127. The fourth-order valence-electron chi connectivity index (χ4n) is 3.10. The van der Waals surface area contributed by atoms with Crippen molar-refractivity contribution in [2.45, 2.75) is 31.5 Å². The summed E-state index contributed by atoms with van der Waals surface area (Å²) >= 11 is 2.27. The molecule has 2 atom stereocenters. The molecule has 2 aromatic rings. The molecule has 0 saturated carbocycles. The van der Waals surface area contributed by atoms with Crippen molar-refractivity contribution < 1.29 is 9.90 Å². The van der Waals surface area contributed by atoms with Crippen molar-refractivity contribution >= 4 is 28.5 Å². The van der Waals surface area contributed by atoms with Gasteiger partial charge in [0, 0.05) is 35.6 Å². The predicted molar refractivity (Wildman–Crippen MR) is 105 cm³/mol. The summed E-state index contributed by atoms with van der Waals surface area (Å²) < 4.78 is 1.15. The first kappa shape index (κ1) is 18.3. The Labute approximate surface area is 161 Å². The van der Waals surface area contributed by atoms with Crippen LogP contribution in [0.2, 0.25) is 0 Å². The smallest absolute Gasteiger partial charge is 0.242 e. The topological polar surface area (TPSA) is 65.5 Å². The quantitative estimate of drug-likeness (QED) is 0.663. The Bertz CT molecular complexity index is 705. The van der Waals surface area contributed by atoms with Crippen LogP contribution in [0.15, 0.2) is 48.8 Å². The molecule has 0 radical (unpaired) electrons. The maximum Gasteiger partial charge on any atom is 0.242 e. The van der Waals surface area contributed by atoms with E-state index in [0.29, 0.717) is 12.1 Å². The number of carbonyl (C=O) groups excluding carboxylic acids is 1. The Balaban J connectivity index is 1.77. The van der Waals surface area contributed by atoms with Crippen molar-refractivity contribution in [1.29, 1.82) is 0 Å². The summed E-state index contributed by atoms with van der Waals surface area (Å²) in [6.07, 6.45) is 4.42.